The van der Waals surface area contributed by atoms with Crippen LogP contribution in [0.3, 0.4) is 0 Å². The van der Waals surface area contributed by atoms with Crippen LogP contribution in [0.4, 0.5) is 0 Å². The number of nitrogens with two attached hydrogens (primary N) is 2. The molecule has 0 aromatic carbocycles. The number of amides is 4. The first-order valence-electron chi connectivity index (χ1n) is 8.58. The molecule has 27 heavy (non-hydrogen) atoms. The highest BCUT2D eigenvalue weighted by Gasteiger charge is 2.32. The molecule has 8 N–H and O–H groups in total. The van der Waals surface area contributed by atoms with Crippen molar-refractivity contribution in [3.8, 4) is 0 Å². The standard InChI is InChI=1S/C16H29N5O6/c1-5-7(2)12(21-13(23)8(3)17)15(25)20-10(6-11(18)22)14(24)19-9(4)16(26)27/h7-10,12H,5-6,17H2,1-4H3,(H2,18,22)(H,19,24)(H,20,25)(H,21,23)(H,26,27). The van der Waals surface area contributed by atoms with E-state index in [1.54, 1.807) is 6.92 Å². The van der Waals surface area contributed by atoms with Crippen LogP contribution in [0.5, 0.6) is 0 Å². The van der Waals surface area contributed by atoms with Crippen molar-refractivity contribution >= 4 is 29.6 Å². The Morgan fingerprint density at radius 2 is 1.48 bits per heavy atom. The Labute approximate surface area is 157 Å². The van der Waals surface area contributed by atoms with E-state index < -0.39 is 60.2 Å². The lowest BCUT2D eigenvalue weighted by Crippen LogP contribution is -2.58. The number of rotatable bonds is 11. The third-order valence-corrected chi connectivity index (χ3v) is 3.97. The minimum Gasteiger partial charge on any atom is -0.480 e. The van der Waals surface area contributed by atoms with E-state index in [1.807, 2.05) is 6.92 Å². The maximum Gasteiger partial charge on any atom is 0.325 e. The SMILES string of the molecule is CCC(C)C(NC(=O)C(C)N)C(=O)NC(CC(N)=O)C(=O)NC(C)C(=O)O. The normalized spacial score (nSPS) is 16.2. The lowest BCUT2D eigenvalue weighted by atomic mass is 9.97. The largest absolute Gasteiger partial charge is 0.480 e. The lowest BCUT2D eigenvalue weighted by Gasteiger charge is -2.27. The number of primary amides is 1. The minimum atomic E-state index is -1.38. The zero-order valence-corrected chi connectivity index (χ0v) is 15.9. The fraction of sp³-hybridized carbons (Fsp3) is 0.688. The Bertz CT molecular complexity index is 580. The summed E-state index contributed by atoms with van der Waals surface area (Å²) in [6, 6.07) is -4.44. The Morgan fingerprint density at radius 3 is 1.89 bits per heavy atom. The summed E-state index contributed by atoms with van der Waals surface area (Å²) in [7, 11) is 0. The van der Waals surface area contributed by atoms with Crippen LogP contribution >= 0.6 is 0 Å². The number of carbonyl (C=O) groups excluding carboxylic acids is 4. The molecule has 0 heterocycles. The van der Waals surface area contributed by atoms with Gasteiger partial charge in [0.05, 0.1) is 12.5 Å². The van der Waals surface area contributed by atoms with Crippen molar-refractivity contribution in [1.82, 2.24) is 16.0 Å². The molecular formula is C16H29N5O6. The molecule has 0 saturated carbocycles. The highest BCUT2D eigenvalue weighted by atomic mass is 16.4. The van der Waals surface area contributed by atoms with Crippen LogP contribution in [0.2, 0.25) is 0 Å². The number of nitrogens with one attached hydrogen (secondary N) is 3. The first-order chi connectivity index (χ1) is 12.4. The molecule has 0 rings (SSSR count). The van der Waals surface area contributed by atoms with Crippen LogP contribution < -0.4 is 27.4 Å². The van der Waals surface area contributed by atoms with Gasteiger partial charge in [-0.15, -0.1) is 0 Å². The van der Waals surface area contributed by atoms with Crippen LogP contribution in [0.15, 0.2) is 0 Å². The third-order valence-electron chi connectivity index (χ3n) is 3.97. The summed E-state index contributed by atoms with van der Waals surface area (Å²) in [5, 5.41) is 15.9. The fourth-order valence-corrected chi connectivity index (χ4v) is 2.03. The molecule has 0 aromatic heterocycles. The smallest absolute Gasteiger partial charge is 0.325 e. The van der Waals surface area contributed by atoms with Crippen molar-refractivity contribution in [2.75, 3.05) is 0 Å². The van der Waals surface area contributed by atoms with E-state index in [-0.39, 0.29) is 5.92 Å². The summed E-state index contributed by atoms with van der Waals surface area (Å²) < 4.78 is 0. The monoisotopic (exact) mass is 387 g/mol. The van der Waals surface area contributed by atoms with Gasteiger partial charge in [-0.1, -0.05) is 20.3 Å². The highest BCUT2D eigenvalue weighted by Crippen LogP contribution is 2.09. The molecule has 11 nitrogen and oxygen atoms in total. The Morgan fingerprint density at radius 1 is 0.926 bits per heavy atom. The summed E-state index contributed by atoms with van der Waals surface area (Å²) in [5.74, 6) is -4.57. The number of carbonyl (C=O) groups is 5. The van der Waals surface area contributed by atoms with E-state index in [1.165, 1.54) is 13.8 Å². The van der Waals surface area contributed by atoms with E-state index in [0.29, 0.717) is 6.42 Å². The predicted molar refractivity (Wildman–Crippen MR) is 96.0 cm³/mol. The van der Waals surface area contributed by atoms with Crippen molar-refractivity contribution in [2.24, 2.45) is 17.4 Å². The summed E-state index contributed by atoms with van der Waals surface area (Å²) in [6.07, 6.45) is 0.0123. The van der Waals surface area contributed by atoms with Crippen molar-refractivity contribution in [1.29, 1.82) is 0 Å². The zero-order chi connectivity index (χ0) is 21.3. The second-order valence-electron chi connectivity index (χ2n) is 6.46. The van der Waals surface area contributed by atoms with E-state index in [4.69, 9.17) is 16.6 Å². The van der Waals surface area contributed by atoms with Gasteiger partial charge >= 0.3 is 5.97 Å². The molecule has 154 valence electrons. The molecule has 0 aliphatic heterocycles. The van der Waals surface area contributed by atoms with E-state index in [9.17, 15) is 24.0 Å². The minimum absolute atomic E-state index is 0.289. The van der Waals surface area contributed by atoms with E-state index in [0.717, 1.165) is 0 Å². The van der Waals surface area contributed by atoms with Gasteiger partial charge in [0, 0.05) is 0 Å². The van der Waals surface area contributed by atoms with Crippen LogP contribution in [-0.2, 0) is 24.0 Å². The molecule has 0 aliphatic rings. The average molecular weight is 387 g/mol. The molecule has 0 fully saturated rings. The van der Waals surface area contributed by atoms with E-state index in [2.05, 4.69) is 16.0 Å². The first-order valence-corrected chi connectivity index (χ1v) is 8.58. The molecular weight excluding hydrogens is 358 g/mol. The van der Waals surface area contributed by atoms with Gasteiger partial charge in [0.2, 0.25) is 23.6 Å². The van der Waals surface area contributed by atoms with Crippen molar-refractivity contribution in [3.05, 3.63) is 0 Å². The molecule has 4 amide bonds. The van der Waals surface area contributed by atoms with Gasteiger partial charge in [0.25, 0.3) is 0 Å². The van der Waals surface area contributed by atoms with Gasteiger partial charge in [0.15, 0.2) is 0 Å². The average Bonchev–Trinajstić information content (AvgIpc) is 2.57. The van der Waals surface area contributed by atoms with E-state index >= 15 is 0 Å². The topological polar surface area (TPSA) is 194 Å². The highest BCUT2D eigenvalue weighted by molar-refractivity contribution is 5.96. The second kappa shape index (κ2) is 11.1. The van der Waals surface area contributed by atoms with Crippen LogP contribution in [0.25, 0.3) is 0 Å². The molecule has 0 aromatic rings. The Kier molecular flexibility index (Phi) is 10.0. The first kappa shape index (κ1) is 24.3. The number of carboxylic acid groups (broad SMARTS) is 1. The quantitative estimate of drug-likeness (QED) is 0.232. The van der Waals surface area contributed by atoms with Crippen molar-refractivity contribution in [2.45, 2.75) is 64.7 Å². The van der Waals surface area contributed by atoms with Gasteiger partial charge in [-0.25, -0.2) is 0 Å². The van der Waals surface area contributed by atoms with Crippen molar-refractivity contribution < 1.29 is 29.1 Å². The van der Waals surface area contributed by atoms with Crippen LogP contribution in [0, 0.1) is 5.92 Å². The molecule has 5 atom stereocenters. The summed E-state index contributed by atoms with van der Waals surface area (Å²) in [4.78, 5) is 58.8. The molecule has 0 spiro atoms. The third kappa shape index (κ3) is 8.49. The molecule has 0 radical (unpaired) electrons. The number of hydrogen-bond acceptors (Lipinski definition) is 6. The predicted octanol–water partition coefficient (Wildman–Crippen LogP) is -2.19. The van der Waals surface area contributed by atoms with Gasteiger partial charge in [-0.05, 0) is 19.8 Å². The van der Waals surface area contributed by atoms with Gasteiger partial charge in [-0.2, -0.15) is 0 Å². The van der Waals surface area contributed by atoms with Crippen LogP contribution in [0.1, 0.15) is 40.5 Å². The van der Waals surface area contributed by atoms with Gasteiger partial charge < -0.3 is 32.5 Å². The van der Waals surface area contributed by atoms with Gasteiger partial charge in [-0.3, -0.25) is 24.0 Å². The number of carboxylic acids is 1. The summed E-state index contributed by atoms with van der Waals surface area (Å²) >= 11 is 0. The molecule has 0 saturated heterocycles. The zero-order valence-electron chi connectivity index (χ0n) is 15.9. The lowest BCUT2D eigenvalue weighted by molar-refractivity contribution is -0.142. The number of aliphatic carboxylic acids is 1. The maximum absolute atomic E-state index is 12.6. The Hall–Kier alpha value is -2.69. The number of hydrogen-bond donors (Lipinski definition) is 6. The maximum atomic E-state index is 12.6. The molecule has 0 bridgehead atoms. The summed E-state index contributed by atoms with van der Waals surface area (Å²) in [5.41, 5.74) is 10.6. The van der Waals surface area contributed by atoms with Gasteiger partial charge in [0.1, 0.15) is 18.1 Å². The molecule has 5 unspecified atom stereocenters. The van der Waals surface area contributed by atoms with Crippen LogP contribution in [-0.4, -0.2) is 58.9 Å². The second-order valence-corrected chi connectivity index (χ2v) is 6.46. The fourth-order valence-electron chi connectivity index (χ4n) is 2.03. The molecule has 0 aliphatic carbocycles. The van der Waals surface area contributed by atoms with Crippen molar-refractivity contribution in [3.63, 3.8) is 0 Å². The molecule has 11 heteroatoms. The Balaban J connectivity index is 5.35. The summed E-state index contributed by atoms with van der Waals surface area (Å²) in [6.45, 7) is 6.22.